The lowest BCUT2D eigenvalue weighted by atomic mass is 9.98. The number of halogens is 1. The van der Waals surface area contributed by atoms with E-state index in [0.29, 0.717) is 33.1 Å². The molecule has 162 valence electrons. The molecule has 0 saturated carbocycles. The lowest BCUT2D eigenvalue weighted by Crippen LogP contribution is -2.47. The van der Waals surface area contributed by atoms with Gasteiger partial charge in [0.15, 0.2) is 5.78 Å². The number of nitrogens with zero attached hydrogens (tertiary/aromatic N) is 2. The summed E-state index contributed by atoms with van der Waals surface area (Å²) in [7, 11) is 1.73. The summed E-state index contributed by atoms with van der Waals surface area (Å²) in [6.45, 7) is 11.0. The number of ketones is 1. The van der Waals surface area contributed by atoms with Gasteiger partial charge in [0.1, 0.15) is 5.69 Å². The summed E-state index contributed by atoms with van der Waals surface area (Å²) in [4.78, 5) is 40.6. The third kappa shape index (κ3) is 4.43. The van der Waals surface area contributed by atoms with Gasteiger partial charge >= 0.3 is 5.97 Å². The van der Waals surface area contributed by atoms with Crippen LogP contribution in [0.25, 0.3) is 0 Å². The van der Waals surface area contributed by atoms with Gasteiger partial charge in [-0.1, -0.05) is 11.6 Å². The van der Waals surface area contributed by atoms with Crippen LogP contribution in [-0.4, -0.2) is 45.8 Å². The Morgan fingerprint density at radius 1 is 1.10 bits per heavy atom. The van der Waals surface area contributed by atoms with E-state index in [-0.39, 0.29) is 24.3 Å². The van der Waals surface area contributed by atoms with E-state index in [1.807, 2.05) is 13.8 Å². The zero-order valence-corrected chi connectivity index (χ0v) is 19.3. The number of esters is 1. The summed E-state index contributed by atoms with van der Waals surface area (Å²) in [5.41, 5.74) is 2.48. The Hall–Kier alpha value is -2.60. The number of carbonyl (C=O) groups is 3. The second kappa shape index (κ2) is 9.47. The molecule has 0 fully saturated rings. The van der Waals surface area contributed by atoms with Crippen LogP contribution < -0.4 is 0 Å². The maximum absolute atomic E-state index is 13.5. The molecular weight excluding hydrogens is 404 g/mol. The van der Waals surface area contributed by atoms with E-state index in [9.17, 15) is 14.4 Å². The van der Waals surface area contributed by atoms with Gasteiger partial charge in [-0.25, -0.2) is 4.79 Å². The molecule has 0 N–H and O–H groups in total. The van der Waals surface area contributed by atoms with Crippen molar-refractivity contribution in [2.75, 3.05) is 6.61 Å². The van der Waals surface area contributed by atoms with Gasteiger partial charge in [0.25, 0.3) is 5.91 Å². The zero-order valence-electron chi connectivity index (χ0n) is 18.6. The quantitative estimate of drug-likeness (QED) is 0.473. The Morgan fingerprint density at radius 2 is 1.67 bits per heavy atom. The highest BCUT2D eigenvalue weighted by atomic mass is 35.5. The van der Waals surface area contributed by atoms with Crippen LogP contribution in [0.3, 0.4) is 0 Å². The molecule has 1 atom stereocenters. The maximum atomic E-state index is 13.5. The molecule has 1 aromatic carbocycles. The molecule has 0 aliphatic rings. The number of aromatic nitrogens is 1. The number of Topliss-reactive ketones (excluding diaryl/α,β-unsaturated/α-hetero) is 1. The first-order valence-corrected chi connectivity index (χ1v) is 10.4. The molecule has 0 radical (unpaired) electrons. The van der Waals surface area contributed by atoms with Crippen molar-refractivity contribution in [3.63, 3.8) is 0 Å². The highest BCUT2D eigenvalue weighted by Crippen LogP contribution is 2.26. The average molecular weight is 433 g/mol. The van der Waals surface area contributed by atoms with Gasteiger partial charge in [0.2, 0.25) is 0 Å². The van der Waals surface area contributed by atoms with Crippen LogP contribution in [0.15, 0.2) is 24.3 Å². The van der Waals surface area contributed by atoms with E-state index >= 15 is 0 Å². The lowest BCUT2D eigenvalue weighted by molar-refractivity contribution is 0.0513. The zero-order chi connectivity index (χ0) is 22.7. The summed E-state index contributed by atoms with van der Waals surface area (Å²) in [5, 5.41) is 0.536. The van der Waals surface area contributed by atoms with Crippen molar-refractivity contribution in [3.8, 4) is 0 Å². The van der Waals surface area contributed by atoms with Gasteiger partial charge in [-0.3, -0.25) is 9.59 Å². The highest BCUT2D eigenvalue weighted by molar-refractivity contribution is 6.30. The molecule has 0 bridgehead atoms. The van der Waals surface area contributed by atoms with Crippen molar-refractivity contribution >= 4 is 29.3 Å². The molecule has 0 spiro atoms. The second-order valence-corrected chi connectivity index (χ2v) is 8.00. The van der Waals surface area contributed by atoms with Gasteiger partial charge in [-0.15, -0.1) is 0 Å². The molecule has 0 aliphatic carbocycles. The summed E-state index contributed by atoms with van der Waals surface area (Å²) >= 11 is 5.93. The van der Waals surface area contributed by atoms with Gasteiger partial charge in [0, 0.05) is 34.9 Å². The van der Waals surface area contributed by atoms with Gasteiger partial charge in [-0.05, 0) is 71.4 Å². The maximum Gasteiger partial charge on any atom is 0.355 e. The molecular formula is C23H29ClN2O4. The first-order chi connectivity index (χ1) is 14.0. The minimum Gasteiger partial charge on any atom is -0.461 e. The van der Waals surface area contributed by atoms with E-state index < -0.39 is 12.0 Å². The number of hydrogen-bond acceptors (Lipinski definition) is 4. The van der Waals surface area contributed by atoms with Gasteiger partial charge < -0.3 is 14.2 Å². The molecule has 30 heavy (non-hydrogen) atoms. The number of ether oxygens (including phenoxy) is 1. The fraction of sp³-hybridized carbons (Fsp3) is 0.435. The number of amides is 1. The molecule has 1 heterocycles. The number of carbonyl (C=O) groups excluding carboxylic acids is 3. The van der Waals surface area contributed by atoms with Gasteiger partial charge in [0.05, 0.1) is 12.6 Å². The van der Waals surface area contributed by atoms with Crippen molar-refractivity contribution in [1.29, 1.82) is 0 Å². The fourth-order valence-corrected chi connectivity index (χ4v) is 3.89. The summed E-state index contributed by atoms with van der Waals surface area (Å²) in [6.07, 6.45) is 0. The molecule has 1 aromatic heterocycles. The summed E-state index contributed by atoms with van der Waals surface area (Å²) in [6, 6.07) is 5.67. The van der Waals surface area contributed by atoms with E-state index in [4.69, 9.17) is 16.3 Å². The Bertz CT molecular complexity index is 961. The highest BCUT2D eigenvalue weighted by Gasteiger charge is 2.34. The average Bonchev–Trinajstić information content (AvgIpc) is 2.90. The fourth-order valence-electron chi connectivity index (χ4n) is 3.76. The summed E-state index contributed by atoms with van der Waals surface area (Å²) in [5.74, 6) is -0.934. The van der Waals surface area contributed by atoms with Crippen LogP contribution in [0.2, 0.25) is 5.02 Å². The van der Waals surface area contributed by atoms with Gasteiger partial charge in [-0.2, -0.15) is 0 Å². The third-order valence-corrected chi connectivity index (χ3v) is 5.58. The van der Waals surface area contributed by atoms with Crippen LogP contribution in [0.1, 0.15) is 70.2 Å². The first kappa shape index (κ1) is 23.7. The number of rotatable bonds is 7. The Morgan fingerprint density at radius 3 is 2.17 bits per heavy atom. The molecule has 0 saturated heterocycles. The van der Waals surface area contributed by atoms with E-state index in [2.05, 4.69) is 0 Å². The monoisotopic (exact) mass is 432 g/mol. The first-order valence-electron chi connectivity index (χ1n) is 9.98. The van der Waals surface area contributed by atoms with Crippen LogP contribution >= 0.6 is 11.6 Å². The minimum atomic E-state index is -0.719. The normalized spacial score (nSPS) is 12.0. The number of hydrogen-bond donors (Lipinski definition) is 0. The standard InChI is InChI=1S/C23H29ClN2O4/c1-8-30-23(29)20-14(4)19(15(5)25(20)7)21(27)16(6)26(13(2)3)22(28)17-9-11-18(24)12-10-17/h9-13,16H,8H2,1-7H3. The molecule has 6 nitrogen and oxygen atoms in total. The predicted molar refractivity (Wildman–Crippen MR) is 117 cm³/mol. The smallest absolute Gasteiger partial charge is 0.355 e. The number of benzene rings is 1. The van der Waals surface area contributed by atoms with Crippen molar-refractivity contribution in [3.05, 3.63) is 57.4 Å². The molecule has 2 aromatic rings. The third-order valence-electron chi connectivity index (χ3n) is 5.32. The van der Waals surface area contributed by atoms with Crippen molar-refractivity contribution in [1.82, 2.24) is 9.47 Å². The van der Waals surface area contributed by atoms with E-state index in [0.717, 1.165) is 0 Å². The molecule has 1 unspecified atom stereocenters. The van der Waals surface area contributed by atoms with Crippen molar-refractivity contribution in [2.45, 2.75) is 53.6 Å². The molecule has 7 heteroatoms. The van der Waals surface area contributed by atoms with Crippen LogP contribution in [0, 0.1) is 13.8 Å². The lowest BCUT2D eigenvalue weighted by Gasteiger charge is -2.32. The molecule has 1 amide bonds. The largest absolute Gasteiger partial charge is 0.461 e. The summed E-state index contributed by atoms with van der Waals surface area (Å²) < 4.78 is 6.82. The van der Waals surface area contributed by atoms with Crippen LogP contribution in [0.4, 0.5) is 0 Å². The van der Waals surface area contributed by atoms with Crippen LogP contribution in [-0.2, 0) is 11.8 Å². The Balaban J connectivity index is 2.45. The molecule has 0 aliphatic heterocycles. The SMILES string of the molecule is CCOC(=O)c1c(C)c(C(=O)C(C)N(C(=O)c2ccc(Cl)cc2)C(C)C)c(C)n1C. The topological polar surface area (TPSA) is 68.6 Å². The van der Waals surface area contributed by atoms with Crippen molar-refractivity contribution < 1.29 is 19.1 Å². The Labute approximate surface area is 182 Å². The van der Waals surface area contributed by atoms with E-state index in [1.54, 1.807) is 68.5 Å². The van der Waals surface area contributed by atoms with Crippen molar-refractivity contribution in [2.24, 2.45) is 7.05 Å². The van der Waals surface area contributed by atoms with E-state index in [1.165, 1.54) is 0 Å². The van der Waals surface area contributed by atoms with Crippen LogP contribution in [0.5, 0.6) is 0 Å². The predicted octanol–water partition coefficient (Wildman–Crippen LogP) is 4.59. The minimum absolute atomic E-state index is 0.207. The Kier molecular flexibility index (Phi) is 7.48. The molecule has 2 rings (SSSR count). The second-order valence-electron chi connectivity index (χ2n) is 7.57.